The molecule has 5 nitrogen and oxygen atoms in total. The molecule has 0 saturated heterocycles. The topological polar surface area (TPSA) is 83.5 Å². The van der Waals surface area contributed by atoms with Crippen LogP contribution in [0.3, 0.4) is 0 Å². The molecule has 0 aliphatic rings. The number of phenolic OH excluding ortho intramolecular Hbond substituents is 1. The number of phenols is 1. The van der Waals surface area contributed by atoms with Gasteiger partial charge in [-0.2, -0.15) is 0 Å². The van der Waals surface area contributed by atoms with Gasteiger partial charge in [0.2, 0.25) is 5.91 Å². The van der Waals surface area contributed by atoms with Crippen LogP contribution in [-0.2, 0) is 14.6 Å². The van der Waals surface area contributed by atoms with Crippen LogP contribution in [0.1, 0.15) is 13.8 Å². The normalized spacial score (nSPS) is 11.5. The Balaban J connectivity index is 3.03. The lowest BCUT2D eigenvalue weighted by atomic mass is 10.2. The summed E-state index contributed by atoms with van der Waals surface area (Å²) in [4.78, 5) is 11.4. The highest BCUT2D eigenvalue weighted by atomic mass is 32.2. The van der Waals surface area contributed by atoms with Gasteiger partial charge >= 0.3 is 0 Å². The van der Waals surface area contributed by atoms with E-state index in [1.165, 1.54) is 12.1 Å². The quantitative estimate of drug-likeness (QED) is 0.801. The smallest absolute Gasteiger partial charge is 0.227 e. The molecule has 17 heavy (non-hydrogen) atoms. The van der Waals surface area contributed by atoms with Crippen molar-refractivity contribution >= 4 is 21.4 Å². The fourth-order valence-corrected chi connectivity index (χ4v) is 1.77. The van der Waals surface area contributed by atoms with Gasteiger partial charge in [-0.1, -0.05) is 13.8 Å². The molecule has 0 atom stereocenters. The number of anilines is 1. The lowest BCUT2D eigenvalue weighted by Gasteiger charge is -2.10. The molecule has 1 aromatic rings. The van der Waals surface area contributed by atoms with E-state index in [1.54, 1.807) is 13.8 Å². The van der Waals surface area contributed by atoms with Crippen molar-refractivity contribution < 1.29 is 18.3 Å². The van der Waals surface area contributed by atoms with Crippen molar-refractivity contribution in [2.45, 2.75) is 18.7 Å². The zero-order chi connectivity index (χ0) is 13.2. The molecule has 1 rings (SSSR count). The van der Waals surface area contributed by atoms with E-state index in [0.717, 1.165) is 12.3 Å². The SMILES string of the molecule is CC(C)C(=O)Nc1ccc(S(C)(=O)=O)cc1O. The molecule has 0 bridgehead atoms. The van der Waals surface area contributed by atoms with Crippen LogP contribution in [0.15, 0.2) is 23.1 Å². The van der Waals surface area contributed by atoms with Crippen molar-refractivity contribution in [1.29, 1.82) is 0 Å². The first-order valence-corrected chi connectivity index (χ1v) is 6.95. The second kappa shape index (κ2) is 4.75. The molecule has 94 valence electrons. The van der Waals surface area contributed by atoms with E-state index < -0.39 is 9.84 Å². The van der Waals surface area contributed by atoms with E-state index in [1.807, 2.05) is 0 Å². The van der Waals surface area contributed by atoms with Gasteiger partial charge < -0.3 is 10.4 Å². The fraction of sp³-hybridized carbons (Fsp3) is 0.364. The molecular weight excluding hydrogens is 242 g/mol. The molecule has 1 aromatic carbocycles. The van der Waals surface area contributed by atoms with Gasteiger partial charge in [0.15, 0.2) is 9.84 Å². The summed E-state index contributed by atoms with van der Waals surface area (Å²) < 4.78 is 22.5. The molecule has 0 aliphatic heterocycles. The Labute approximate surface area is 100 Å². The van der Waals surface area contributed by atoms with Gasteiger partial charge in [-0.3, -0.25) is 4.79 Å². The van der Waals surface area contributed by atoms with Crippen molar-refractivity contribution in [3.8, 4) is 5.75 Å². The van der Waals surface area contributed by atoms with E-state index in [-0.39, 0.29) is 28.2 Å². The van der Waals surface area contributed by atoms with Crippen molar-refractivity contribution in [1.82, 2.24) is 0 Å². The third kappa shape index (κ3) is 3.45. The Morgan fingerprint density at radius 2 is 1.94 bits per heavy atom. The summed E-state index contributed by atoms with van der Waals surface area (Å²) in [7, 11) is -3.36. The molecular formula is C11H15NO4S. The van der Waals surface area contributed by atoms with Gasteiger partial charge in [-0.15, -0.1) is 0 Å². The first-order chi connectivity index (χ1) is 7.71. The number of hydrogen-bond donors (Lipinski definition) is 2. The van der Waals surface area contributed by atoms with E-state index in [9.17, 15) is 18.3 Å². The summed E-state index contributed by atoms with van der Waals surface area (Å²) in [6.07, 6.45) is 1.05. The van der Waals surface area contributed by atoms with Gasteiger partial charge in [0.1, 0.15) is 5.75 Å². The van der Waals surface area contributed by atoms with Crippen LogP contribution in [0.5, 0.6) is 5.75 Å². The highest BCUT2D eigenvalue weighted by Crippen LogP contribution is 2.26. The predicted octanol–water partition coefficient (Wildman–Crippen LogP) is 1.39. The Morgan fingerprint density at radius 3 is 2.35 bits per heavy atom. The Morgan fingerprint density at radius 1 is 1.35 bits per heavy atom. The van der Waals surface area contributed by atoms with Gasteiger partial charge in [-0.05, 0) is 12.1 Å². The molecule has 0 spiro atoms. The van der Waals surface area contributed by atoms with Gasteiger partial charge in [0, 0.05) is 18.2 Å². The van der Waals surface area contributed by atoms with Crippen LogP contribution >= 0.6 is 0 Å². The summed E-state index contributed by atoms with van der Waals surface area (Å²) in [6, 6.07) is 3.82. The van der Waals surface area contributed by atoms with E-state index in [2.05, 4.69) is 5.32 Å². The van der Waals surface area contributed by atoms with E-state index >= 15 is 0 Å². The molecule has 0 heterocycles. The van der Waals surface area contributed by atoms with E-state index in [0.29, 0.717) is 0 Å². The molecule has 0 aromatic heterocycles. The molecule has 6 heteroatoms. The zero-order valence-corrected chi connectivity index (χ0v) is 10.7. The summed E-state index contributed by atoms with van der Waals surface area (Å²) >= 11 is 0. The maximum Gasteiger partial charge on any atom is 0.227 e. The molecule has 0 radical (unpaired) electrons. The minimum atomic E-state index is -3.36. The fourth-order valence-electron chi connectivity index (χ4n) is 1.12. The number of benzene rings is 1. The standard InChI is InChI=1S/C11H15NO4S/c1-7(2)11(14)12-9-5-4-8(6-10(9)13)17(3,15)16/h4-7,13H,1-3H3,(H,12,14). The maximum absolute atomic E-state index is 11.4. The lowest BCUT2D eigenvalue weighted by Crippen LogP contribution is -2.17. The highest BCUT2D eigenvalue weighted by Gasteiger charge is 2.13. The molecule has 1 amide bonds. The molecule has 2 N–H and O–H groups in total. The number of amides is 1. The van der Waals surface area contributed by atoms with Crippen molar-refractivity contribution in [2.75, 3.05) is 11.6 Å². The number of carbonyl (C=O) groups is 1. The van der Waals surface area contributed by atoms with Crippen LogP contribution in [-0.4, -0.2) is 25.7 Å². The first kappa shape index (κ1) is 13.5. The number of sulfone groups is 1. The van der Waals surface area contributed by atoms with Crippen molar-refractivity contribution in [3.63, 3.8) is 0 Å². The second-order valence-electron chi connectivity index (χ2n) is 4.10. The number of carbonyl (C=O) groups excluding carboxylic acids is 1. The predicted molar refractivity (Wildman–Crippen MR) is 64.7 cm³/mol. The highest BCUT2D eigenvalue weighted by molar-refractivity contribution is 7.90. The third-order valence-electron chi connectivity index (χ3n) is 2.18. The summed E-state index contributed by atoms with van der Waals surface area (Å²) in [5.41, 5.74) is 0.205. The summed E-state index contributed by atoms with van der Waals surface area (Å²) in [5.74, 6) is -0.724. The minimum absolute atomic E-state index is 0.0116. The largest absolute Gasteiger partial charge is 0.506 e. The molecule has 0 fully saturated rings. The summed E-state index contributed by atoms with van der Waals surface area (Å²) in [5, 5.41) is 12.1. The minimum Gasteiger partial charge on any atom is -0.506 e. The van der Waals surface area contributed by atoms with Crippen LogP contribution in [0.2, 0.25) is 0 Å². The van der Waals surface area contributed by atoms with E-state index in [4.69, 9.17) is 0 Å². The molecule has 0 saturated carbocycles. The average Bonchev–Trinajstić information content (AvgIpc) is 2.19. The van der Waals surface area contributed by atoms with Crippen molar-refractivity contribution in [2.24, 2.45) is 5.92 Å². The zero-order valence-electron chi connectivity index (χ0n) is 9.89. The number of aromatic hydroxyl groups is 1. The number of rotatable bonds is 3. The number of nitrogens with one attached hydrogen (secondary N) is 1. The monoisotopic (exact) mass is 257 g/mol. The Kier molecular flexibility index (Phi) is 3.77. The average molecular weight is 257 g/mol. The van der Waals surface area contributed by atoms with Crippen molar-refractivity contribution in [3.05, 3.63) is 18.2 Å². The van der Waals surface area contributed by atoms with Crippen LogP contribution in [0.25, 0.3) is 0 Å². The molecule has 0 unspecified atom stereocenters. The van der Waals surface area contributed by atoms with Crippen LogP contribution in [0.4, 0.5) is 5.69 Å². The Hall–Kier alpha value is -1.56. The van der Waals surface area contributed by atoms with Gasteiger partial charge in [0.05, 0.1) is 10.6 Å². The number of hydrogen-bond acceptors (Lipinski definition) is 4. The maximum atomic E-state index is 11.4. The van der Waals surface area contributed by atoms with Crippen LogP contribution in [0, 0.1) is 5.92 Å². The van der Waals surface area contributed by atoms with Gasteiger partial charge in [-0.25, -0.2) is 8.42 Å². The second-order valence-corrected chi connectivity index (χ2v) is 6.11. The van der Waals surface area contributed by atoms with Gasteiger partial charge in [0.25, 0.3) is 0 Å². The third-order valence-corrected chi connectivity index (χ3v) is 3.29. The first-order valence-electron chi connectivity index (χ1n) is 5.05. The molecule has 0 aliphatic carbocycles. The lowest BCUT2D eigenvalue weighted by molar-refractivity contribution is -0.118. The summed E-state index contributed by atoms with van der Waals surface area (Å²) in [6.45, 7) is 3.44. The van der Waals surface area contributed by atoms with Crippen LogP contribution < -0.4 is 5.32 Å². The Bertz CT molecular complexity index is 534.